The van der Waals surface area contributed by atoms with Crippen LogP contribution in [-0.4, -0.2) is 28.1 Å². The van der Waals surface area contributed by atoms with Gasteiger partial charge in [0.25, 0.3) is 5.91 Å². The lowest BCUT2D eigenvalue weighted by atomic mass is 10.0. The van der Waals surface area contributed by atoms with Crippen molar-refractivity contribution in [2.24, 2.45) is 0 Å². The minimum Gasteiger partial charge on any atom is -0.380 e. The van der Waals surface area contributed by atoms with Gasteiger partial charge in [-0.25, -0.2) is 4.98 Å². The number of aryl methyl sites for hydroxylation is 2. The quantitative estimate of drug-likeness (QED) is 0.874. The lowest BCUT2D eigenvalue weighted by Gasteiger charge is -2.20. The molecule has 4 nitrogen and oxygen atoms in total. The van der Waals surface area contributed by atoms with Crippen LogP contribution in [0.4, 0.5) is 0 Å². The fourth-order valence-electron chi connectivity index (χ4n) is 2.28. The summed E-state index contributed by atoms with van der Waals surface area (Å²) in [5, 5.41) is 13.9. The number of nitrogens with zero attached hydrogens (tertiary/aromatic N) is 1. The Hall–Kier alpha value is -0.940. The third-order valence-electron chi connectivity index (χ3n) is 3.55. The average molecular weight is 268 g/mol. The molecule has 18 heavy (non-hydrogen) atoms. The molecule has 0 atom stereocenters. The molecule has 0 spiro atoms. The van der Waals surface area contributed by atoms with E-state index in [4.69, 9.17) is 0 Å². The fraction of sp³-hybridized carbons (Fsp3) is 0.692. The number of carbonyl (C=O) groups excluding carboxylic acids is 1. The van der Waals surface area contributed by atoms with Crippen LogP contribution in [0.3, 0.4) is 0 Å². The summed E-state index contributed by atoms with van der Waals surface area (Å²) >= 11 is 1.67. The van der Waals surface area contributed by atoms with Gasteiger partial charge in [-0.15, -0.1) is 11.3 Å². The second-order valence-electron chi connectivity index (χ2n) is 4.99. The molecule has 0 aliphatic heterocycles. The van der Waals surface area contributed by atoms with Gasteiger partial charge in [-0.05, 0) is 39.5 Å². The van der Waals surface area contributed by atoms with Gasteiger partial charge in [-0.2, -0.15) is 0 Å². The van der Waals surface area contributed by atoms with Crippen molar-refractivity contribution in [2.75, 3.05) is 6.54 Å². The van der Waals surface area contributed by atoms with Gasteiger partial charge in [0, 0.05) is 17.8 Å². The molecule has 2 N–H and O–H groups in total. The second kappa shape index (κ2) is 5.36. The third-order valence-corrected chi connectivity index (χ3v) is 4.68. The molecule has 1 aromatic heterocycles. The predicted molar refractivity (Wildman–Crippen MR) is 71.7 cm³/mol. The Morgan fingerprint density at radius 2 is 2.11 bits per heavy atom. The maximum atomic E-state index is 11.9. The van der Waals surface area contributed by atoms with Crippen molar-refractivity contribution >= 4 is 17.2 Å². The lowest BCUT2D eigenvalue weighted by molar-refractivity contribution is -0.139. The average Bonchev–Trinajstić information content (AvgIpc) is 2.88. The van der Waals surface area contributed by atoms with E-state index in [9.17, 15) is 9.90 Å². The van der Waals surface area contributed by atoms with Gasteiger partial charge < -0.3 is 10.4 Å². The number of rotatable bonds is 4. The summed E-state index contributed by atoms with van der Waals surface area (Å²) in [6.45, 7) is 4.60. The van der Waals surface area contributed by atoms with E-state index in [0.29, 0.717) is 19.4 Å². The summed E-state index contributed by atoms with van der Waals surface area (Å²) in [6.07, 6.45) is 3.80. The molecule has 0 bridgehead atoms. The van der Waals surface area contributed by atoms with Crippen LogP contribution in [0.5, 0.6) is 0 Å². The van der Waals surface area contributed by atoms with Crippen LogP contribution in [0.15, 0.2) is 0 Å². The first-order valence-electron chi connectivity index (χ1n) is 6.45. The normalized spacial score (nSPS) is 17.9. The molecular weight excluding hydrogens is 248 g/mol. The summed E-state index contributed by atoms with van der Waals surface area (Å²) in [7, 11) is 0. The van der Waals surface area contributed by atoms with Crippen LogP contribution in [0, 0.1) is 13.8 Å². The highest BCUT2D eigenvalue weighted by Gasteiger charge is 2.38. The van der Waals surface area contributed by atoms with Crippen LogP contribution >= 0.6 is 11.3 Å². The van der Waals surface area contributed by atoms with Crippen molar-refractivity contribution in [1.82, 2.24) is 10.3 Å². The molecule has 1 fully saturated rings. The topological polar surface area (TPSA) is 62.2 Å². The minimum atomic E-state index is -1.12. The van der Waals surface area contributed by atoms with Gasteiger partial charge in [0.15, 0.2) is 0 Å². The Morgan fingerprint density at radius 1 is 1.44 bits per heavy atom. The van der Waals surface area contributed by atoms with Crippen molar-refractivity contribution in [3.8, 4) is 0 Å². The molecule has 0 aromatic carbocycles. The number of hydrogen-bond acceptors (Lipinski definition) is 4. The number of thiazole rings is 1. The van der Waals surface area contributed by atoms with E-state index in [1.807, 2.05) is 6.92 Å². The molecule has 0 saturated heterocycles. The maximum Gasteiger partial charge on any atom is 0.251 e. The zero-order valence-electron chi connectivity index (χ0n) is 11.0. The molecule has 1 amide bonds. The molecule has 1 saturated carbocycles. The fourth-order valence-corrected chi connectivity index (χ4v) is 3.21. The minimum absolute atomic E-state index is 0.218. The largest absolute Gasteiger partial charge is 0.380 e. The van der Waals surface area contributed by atoms with Crippen molar-refractivity contribution in [2.45, 2.75) is 51.6 Å². The summed E-state index contributed by atoms with van der Waals surface area (Å²) in [5.41, 5.74) is -0.0509. The summed E-state index contributed by atoms with van der Waals surface area (Å²) < 4.78 is 0. The second-order valence-corrected chi connectivity index (χ2v) is 6.28. The lowest BCUT2D eigenvalue weighted by Crippen LogP contribution is -2.45. The first kappa shape index (κ1) is 13.5. The number of carbonyl (C=O) groups is 1. The zero-order chi connectivity index (χ0) is 13.2. The van der Waals surface area contributed by atoms with Gasteiger partial charge >= 0.3 is 0 Å². The van der Waals surface area contributed by atoms with Gasteiger partial charge in [-0.1, -0.05) is 0 Å². The first-order chi connectivity index (χ1) is 8.51. The molecule has 0 radical (unpaired) electrons. The highest BCUT2D eigenvalue weighted by Crippen LogP contribution is 2.29. The van der Waals surface area contributed by atoms with E-state index in [1.165, 1.54) is 4.88 Å². The van der Waals surface area contributed by atoms with E-state index < -0.39 is 5.60 Å². The first-order valence-corrected chi connectivity index (χ1v) is 7.26. The Bertz CT molecular complexity index is 417. The molecule has 1 aromatic rings. The van der Waals surface area contributed by atoms with Crippen molar-refractivity contribution < 1.29 is 9.90 Å². The number of amides is 1. The summed E-state index contributed by atoms with van der Waals surface area (Å²) in [4.78, 5) is 17.5. The van der Waals surface area contributed by atoms with E-state index in [2.05, 4.69) is 17.2 Å². The van der Waals surface area contributed by atoms with Crippen LogP contribution in [0.2, 0.25) is 0 Å². The molecule has 2 rings (SSSR count). The zero-order valence-corrected chi connectivity index (χ0v) is 11.8. The van der Waals surface area contributed by atoms with E-state index in [-0.39, 0.29) is 5.91 Å². The number of hydrogen-bond donors (Lipinski definition) is 2. The monoisotopic (exact) mass is 268 g/mol. The smallest absolute Gasteiger partial charge is 0.251 e. The Balaban J connectivity index is 1.80. The van der Waals surface area contributed by atoms with Crippen molar-refractivity contribution in [3.05, 3.63) is 15.6 Å². The molecule has 0 unspecified atom stereocenters. The van der Waals surface area contributed by atoms with Gasteiger partial charge in [0.2, 0.25) is 0 Å². The van der Waals surface area contributed by atoms with Gasteiger partial charge in [-0.3, -0.25) is 4.79 Å². The molecular formula is C13H20N2O2S. The predicted octanol–water partition coefficient (Wildman–Crippen LogP) is 1.72. The molecule has 1 heterocycles. The van der Waals surface area contributed by atoms with Crippen LogP contribution in [0.1, 0.15) is 41.3 Å². The van der Waals surface area contributed by atoms with E-state index >= 15 is 0 Å². The number of nitrogens with one attached hydrogen (secondary N) is 1. The standard InChI is InChI=1S/C13H20N2O2S/c1-9-10(2)18-11(15-9)5-8-14-12(16)13(17)6-3-4-7-13/h17H,3-8H2,1-2H3,(H,14,16). The number of aromatic nitrogens is 1. The molecule has 100 valence electrons. The van der Waals surface area contributed by atoms with Crippen molar-refractivity contribution in [1.29, 1.82) is 0 Å². The summed E-state index contributed by atoms with van der Waals surface area (Å²) in [6, 6.07) is 0. The highest BCUT2D eigenvalue weighted by molar-refractivity contribution is 7.11. The Labute approximate surface area is 111 Å². The van der Waals surface area contributed by atoms with Crippen LogP contribution in [-0.2, 0) is 11.2 Å². The van der Waals surface area contributed by atoms with Gasteiger partial charge in [0.05, 0.1) is 10.7 Å². The van der Waals surface area contributed by atoms with E-state index in [1.54, 1.807) is 11.3 Å². The molecule has 5 heteroatoms. The number of aliphatic hydroxyl groups is 1. The SMILES string of the molecule is Cc1nc(CCNC(=O)C2(O)CCCC2)sc1C. The molecule has 1 aliphatic rings. The highest BCUT2D eigenvalue weighted by atomic mass is 32.1. The maximum absolute atomic E-state index is 11.9. The third kappa shape index (κ3) is 2.90. The Kier molecular flexibility index (Phi) is 4.02. The van der Waals surface area contributed by atoms with Crippen molar-refractivity contribution in [3.63, 3.8) is 0 Å². The molecule has 1 aliphatic carbocycles. The van der Waals surface area contributed by atoms with Crippen LogP contribution in [0.25, 0.3) is 0 Å². The van der Waals surface area contributed by atoms with Gasteiger partial charge in [0.1, 0.15) is 5.60 Å². The summed E-state index contributed by atoms with van der Waals surface area (Å²) in [5.74, 6) is -0.218. The van der Waals surface area contributed by atoms with Crippen LogP contribution < -0.4 is 5.32 Å². The Morgan fingerprint density at radius 3 is 2.67 bits per heavy atom. The van der Waals surface area contributed by atoms with E-state index in [0.717, 1.165) is 30.0 Å².